The number of phenols is 1. The molecule has 23 heteroatoms. The summed E-state index contributed by atoms with van der Waals surface area (Å²) in [5.74, 6) is -8.51. The monoisotopic (exact) mass is 934 g/mol. The lowest BCUT2D eigenvalue weighted by atomic mass is 9.96. The van der Waals surface area contributed by atoms with Crippen LogP contribution in [-0.4, -0.2) is 129 Å². The van der Waals surface area contributed by atoms with Gasteiger partial charge in [-0.05, 0) is 55.2 Å². The number of phenolic OH excluding ortho intramolecular Hbond substituents is 1. The zero-order chi connectivity index (χ0) is 47.7. The van der Waals surface area contributed by atoms with Gasteiger partial charge < -0.3 is 59.1 Å². The maximum atomic E-state index is 14.3. The molecule has 2 aliphatic heterocycles. The fraction of sp³-hybridized carbons (Fsp3) is 0.610. The van der Waals surface area contributed by atoms with Crippen LogP contribution in [0, 0.1) is 11.8 Å². The third-order valence-electron chi connectivity index (χ3n) is 10.7. The van der Waals surface area contributed by atoms with Gasteiger partial charge in [0.1, 0.15) is 48.0 Å². The molecule has 2 heterocycles. The molecule has 0 aliphatic carbocycles. The lowest BCUT2D eigenvalue weighted by Gasteiger charge is -2.31. The third-order valence-corrected chi connectivity index (χ3v) is 13.1. The van der Waals surface area contributed by atoms with Crippen LogP contribution in [0.15, 0.2) is 24.3 Å². The molecule has 2 saturated heterocycles. The molecule has 1 aromatic rings. The van der Waals surface area contributed by atoms with Crippen LogP contribution in [0.3, 0.4) is 0 Å². The van der Waals surface area contributed by atoms with Crippen molar-refractivity contribution in [3.8, 4) is 5.75 Å². The zero-order valence-electron chi connectivity index (χ0n) is 36.5. The Morgan fingerprint density at radius 2 is 1.47 bits per heavy atom. The molecule has 21 nitrogen and oxygen atoms in total. The molecule has 0 bridgehead atoms. The van der Waals surface area contributed by atoms with Gasteiger partial charge in [-0.15, -0.1) is 0 Å². The van der Waals surface area contributed by atoms with Crippen molar-refractivity contribution in [2.24, 2.45) is 29.0 Å². The van der Waals surface area contributed by atoms with Gasteiger partial charge in [0, 0.05) is 37.3 Å². The molecule has 1 aromatic carbocycles. The summed E-state index contributed by atoms with van der Waals surface area (Å²) in [7, 11) is 2.28. The average Bonchev–Trinajstić information content (AvgIpc) is 3.72. The van der Waals surface area contributed by atoms with Gasteiger partial charge in [0.15, 0.2) is 0 Å². The second-order valence-electron chi connectivity index (χ2n) is 16.4. The summed E-state index contributed by atoms with van der Waals surface area (Å²) < 4.78 is 0. The van der Waals surface area contributed by atoms with E-state index in [2.05, 4.69) is 31.9 Å². The standard InChI is InChI=1S/C41H62N10O11S2/c1-5-22(4)34-40(61)46-25(12-13-31(42)53)36(57)48-28(19-32(43)54)37(58)49-29(41(62)51-15-6-7-30(51)39(60)47-26(35(44)56)17-21(2)3)20-64-63-16-14-33(55)45-27(38(59)50-34)18-23-8-10-24(52)11-9-23/h8-11,21-22,25-30,34,52H,5-7,12-20H2,1-4H3,(H2,42,53)(H2,43,54)(H2,44,56)(H,45,55)(H,46,61)(H,47,60)(H,48,57)(H,49,58)(H,50,59)/t22-,25-,26-,27-,28-,29-,30-,34-/m0/s1. The van der Waals surface area contributed by atoms with Crippen LogP contribution < -0.4 is 49.1 Å². The summed E-state index contributed by atoms with van der Waals surface area (Å²) >= 11 is 0. The van der Waals surface area contributed by atoms with Crippen LogP contribution in [0.1, 0.15) is 84.6 Å². The number of nitrogens with one attached hydrogen (secondary N) is 6. The first-order valence-electron chi connectivity index (χ1n) is 21.2. The molecular formula is C41H62N10O11S2. The van der Waals surface area contributed by atoms with E-state index in [0.717, 1.165) is 10.8 Å². The van der Waals surface area contributed by atoms with E-state index in [1.54, 1.807) is 26.0 Å². The van der Waals surface area contributed by atoms with Crippen LogP contribution in [0.25, 0.3) is 0 Å². The molecule has 10 amide bonds. The predicted molar refractivity (Wildman–Crippen MR) is 238 cm³/mol. The van der Waals surface area contributed by atoms with Crippen LogP contribution in [0.4, 0.5) is 0 Å². The minimum absolute atomic E-state index is 0.00716. The van der Waals surface area contributed by atoms with E-state index in [1.807, 2.05) is 13.8 Å². The highest BCUT2D eigenvalue weighted by atomic mass is 33.1. The highest BCUT2D eigenvalue weighted by Crippen LogP contribution is 2.26. The van der Waals surface area contributed by atoms with Gasteiger partial charge in [-0.25, -0.2) is 0 Å². The Bertz CT molecular complexity index is 1870. The van der Waals surface area contributed by atoms with Crippen LogP contribution in [-0.2, 0) is 54.4 Å². The largest absolute Gasteiger partial charge is 0.508 e. The lowest BCUT2D eigenvalue weighted by Crippen LogP contribution is -2.61. The summed E-state index contributed by atoms with van der Waals surface area (Å²) in [5, 5.41) is 25.4. The second-order valence-corrected chi connectivity index (χ2v) is 19.0. The summed E-state index contributed by atoms with van der Waals surface area (Å²) in [6.45, 7) is 7.26. The van der Waals surface area contributed by atoms with Crippen LogP contribution >= 0.6 is 21.6 Å². The number of carbonyl (C=O) groups excluding carboxylic acids is 10. The summed E-state index contributed by atoms with van der Waals surface area (Å²) in [4.78, 5) is 135. The van der Waals surface area contributed by atoms with Gasteiger partial charge in [0.05, 0.1) is 6.42 Å². The van der Waals surface area contributed by atoms with Crippen molar-refractivity contribution in [1.82, 2.24) is 36.8 Å². The van der Waals surface area contributed by atoms with E-state index >= 15 is 0 Å². The zero-order valence-corrected chi connectivity index (χ0v) is 38.1. The maximum Gasteiger partial charge on any atom is 0.246 e. The minimum atomic E-state index is -1.70. The molecule has 354 valence electrons. The Morgan fingerprint density at radius 3 is 2.08 bits per heavy atom. The van der Waals surface area contributed by atoms with Gasteiger partial charge in [0.2, 0.25) is 59.1 Å². The molecule has 2 fully saturated rings. The van der Waals surface area contributed by atoms with E-state index < -0.39 is 120 Å². The Labute approximate surface area is 379 Å². The van der Waals surface area contributed by atoms with Gasteiger partial charge in [-0.2, -0.15) is 0 Å². The molecule has 0 unspecified atom stereocenters. The lowest BCUT2D eigenvalue weighted by molar-refractivity contribution is -0.142. The number of carbonyl (C=O) groups is 10. The molecule has 0 saturated carbocycles. The van der Waals surface area contributed by atoms with E-state index in [4.69, 9.17) is 17.2 Å². The highest BCUT2D eigenvalue weighted by molar-refractivity contribution is 8.76. The number of aromatic hydroxyl groups is 1. The number of likely N-dealkylation sites (tertiary alicyclic amines) is 1. The van der Waals surface area contributed by atoms with E-state index in [9.17, 15) is 53.1 Å². The Balaban J connectivity index is 2.03. The van der Waals surface area contributed by atoms with Gasteiger partial charge >= 0.3 is 0 Å². The number of nitrogens with two attached hydrogens (primary N) is 3. The van der Waals surface area contributed by atoms with Crippen molar-refractivity contribution < 1.29 is 53.1 Å². The van der Waals surface area contributed by atoms with Crippen molar-refractivity contribution in [3.63, 3.8) is 0 Å². The molecule has 13 N–H and O–H groups in total. The van der Waals surface area contributed by atoms with Gasteiger partial charge in [-0.3, -0.25) is 47.9 Å². The van der Waals surface area contributed by atoms with Gasteiger partial charge in [0.25, 0.3) is 0 Å². The number of nitrogens with zero attached hydrogens (tertiary/aromatic N) is 1. The predicted octanol–water partition coefficient (Wildman–Crippen LogP) is -1.66. The first-order valence-corrected chi connectivity index (χ1v) is 23.7. The van der Waals surface area contributed by atoms with Crippen LogP contribution in [0.5, 0.6) is 5.75 Å². The fourth-order valence-corrected chi connectivity index (χ4v) is 9.19. The SMILES string of the molecule is CC[C@H](C)[C@@H]1NC(=O)[C@H](Cc2ccc(O)cc2)NC(=O)CCSSC[C@@H](C(=O)N2CCC[C@H]2C(=O)N[C@@H](CC(C)C)C(N)=O)NC(=O)[C@H](CC(N)=O)NC(=O)[C@H](CCC(N)=O)NC1=O. The van der Waals surface area contributed by atoms with Crippen molar-refractivity contribution in [3.05, 3.63) is 29.8 Å². The number of amides is 10. The number of primary amides is 3. The first kappa shape index (κ1) is 52.8. The van der Waals surface area contributed by atoms with E-state index in [-0.39, 0.29) is 61.8 Å². The molecular weight excluding hydrogens is 873 g/mol. The van der Waals surface area contributed by atoms with Crippen molar-refractivity contribution in [2.45, 2.75) is 128 Å². The van der Waals surface area contributed by atoms with Crippen molar-refractivity contribution in [2.75, 3.05) is 18.1 Å². The van der Waals surface area contributed by atoms with E-state index in [1.165, 1.54) is 27.8 Å². The van der Waals surface area contributed by atoms with E-state index in [0.29, 0.717) is 18.4 Å². The Morgan fingerprint density at radius 1 is 0.828 bits per heavy atom. The molecule has 3 rings (SSSR count). The van der Waals surface area contributed by atoms with Crippen molar-refractivity contribution >= 4 is 80.7 Å². The first-order chi connectivity index (χ1) is 30.2. The highest BCUT2D eigenvalue weighted by Gasteiger charge is 2.40. The molecule has 0 aromatic heterocycles. The Kier molecular flexibility index (Phi) is 21.1. The molecule has 0 spiro atoms. The number of hydrogen-bond donors (Lipinski definition) is 10. The second kappa shape index (κ2) is 25.6. The fourth-order valence-electron chi connectivity index (χ4n) is 7.04. The normalized spacial score (nSPS) is 24.2. The maximum absolute atomic E-state index is 14.3. The quantitative estimate of drug-likeness (QED) is 0.0882. The Hall–Kier alpha value is -5.58. The minimum Gasteiger partial charge on any atom is -0.508 e. The van der Waals surface area contributed by atoms with Crippen molar-refractivity contribution in [1.29, 1.82) is 0 Å². The van der Waals surface area contributed by atoms with Crippen LogP contribution in [0.2, 0.25) is 0 Å². The van der Waals surface area contributed by atoms with Gasteiger partial charge in [-0.1, -0.05) is 67.8 Å². The molecule has 8 atom stereocenters. The summed E-state index contributed by atoms with van der Waals surface area (Å²) in [6.07, 6.45) is -0.359. The average molecular weight is 935 g/mol. The number of hydrogen-bond acceptors (Lipinski definition) is 13. The smallest absolute Gasteiger partial charge is 0.246 e. The topological polar surface area (TPSA) is 344 Å². The number of benzene rings is 1. The molecule has 0 radical (unpaired) electrons. The summed E-state index contributed by atoms with van der Waals surface area (Å²) in [6, 6.07) is -3.12. The number of rotatable bonds is 15. The third kappa shape index (κ3) is 16.8. The molecule has 64 heavy (non-hydrogen) atoms. The molecule has 2 aliphatic rings. The summed E-state index contributed by atoms with van der Waals surface area (Å²) in [5.41, 5.74) is 17.0.